The second-order valence-corrected chi connectivity index (χ2v) is 4.84. The van der Waals surface area contributed by atoms with Gasteiger partial charge in [-0.05, 0) is 55.8 Å². The average Bonchev–Trinajstić information content (AvgIpc) is 2.74. The van der Waals surface area contributed by atoms with Crippen LogP contribution in [-0.2, 0) is 0 Å². The fourth-order valence-corrected chi connectivity index (χ4v) is 3.13. The number of aliphatic hydroxyl groups excluding tert-OH is 1. The van der Waals surface area contributed by atoms with Crippen LogP contribution in [0.25, 0.3) is 0 Å². The van der Waals surface area contributed by atoms with Gasteiger partial charge >= 0.3 is 0 Å². The molecule has 0 unspecified atom stereocenters. The zero-order chi connectivity index (χ0) is 7.47. The molecule has 0 aromatic rings. The molecule has 11 heavy (non-hydrogen) atoms. The van der Waals surface area contributed by atoms with Crippen molar-refractivity contribution in [2.75, 3.05) is 0 Å². The van der Waals surface area contributed by atoms with Crippen molar-refractivity contribution in [3.05, 3.63) is 0 Å². The first-order chi connectivity index (χ1) is 5.31. The highest BCUT2D eigenvalue weighted by Crippen LogP contribution is 2.66. The van der Waals surface area contributed by atoms with E-state index in [1.54, 1.807) is 0 Å². The number of aliphatic hydroxyl groups is 1. The number of rotatable bonds is 2. The van der Waals surface area contributed by atoms with Gasteiger partial charge in [0, 0.05) is 0 Å². The minimum Gasteiger partial charge on any atom is -0.393 e. The molecule has 0 aliphatic heterocycles. The van der Waals surface area contributed by atoms with Crippen LogP contribution >= 0.6 is 0 Å². The smallest absolute Gasteiger partial charge is 0.0551 e. The molecule has 3 rings (SSSR count). The monoisotopic (exact) mass is 152 g/mol. The molecule has 1 heteroatoms. The molecular weight excluding hydrogens is 136 g/mol. The highest BCUT2D eigenvalue weighted by Gasteiger charge is 2.59. The molecule has 0 saturated heterocycles. The van der Waals surface area contributed by atoms with Crippen LogP contribution in [-0.4, -0.2) is 11.2 Å². The summed E-state index contributed by atoms with van der Waals surface area (Å²) < 4.78 is 0. The quantitative estimate of drug-likeness (QED) is 0.641. The second kappa shape index (κ2) is 1.82. The summed E-state index contributed by atoms with van der Waals surface area (Å²) in [5, 5.41) is 9.34. The Labute approximate surface area is 67.8 Å². The van der Waals surface area contributed by atoms with Gasteiger partial charge in [-0.3, -0.25) is 0 Å². The summed E-state index contributed by atoms with van der Waals surface area (Å²) in [5.41, 5.74) is 0.666. The van der Waals surface area contributed by atoms with Crippen LogP contribution in [0.5, 0.6) is 0 Å². The Hall–Kier alpha value is -0.0400. The zero-order valence-electron chi connectivity index (χ0n) is 6.92. The van der Waals surface area contributed by atoms with Gasteiger partial charge in [-0.15, -0.1) is 0 Å². The normalized spacial score (nSPS) is 36.8. The third-order valence-corrected chi connectivity index (χ3v) is 4.01. The van der Waals surface area contributed by atoms with Crippen molar-refractivity contribution in [2.45, 2.75) is 44.6 Å². The van der Waals surface area contributed by atoms with E-state index >= 15 is 0 Å². The van der Waals surface area contributed by atoms with Gasteiger partial charge in [0.2, 0.25) is 0 Å². The van der Waals surface area contributed by atoms with Crippen molar-refractivity contribution in [1.82, 2.24) is 0 Å². The van der Waals surface area contributed by atoms with Crippen molar-refractivity contribution < 1.29 is 5.11 Å². The maximum atomic E-state index is 9.34. The van der Waals surface area contributed by atoms with E-state index in [4.69, 9.17) is 0 Å². The van der Waals surface area contributed by atoms with Crippen LogP contribution in [0.2, 0.25) is 0 Å². The lowest BCUT2D eigenvalue weighted by molar-refractivity contribution is -0.0620. The zero-order valence-corrected chi connectivity index (χ0v) is 6.92. The van der Waals surface area contributed by atoms with Gasteiger partial charge in [0.05, 0.1) is 6.10 Å². The van der Waals surface area contributed by atoms with E-state index in [2.05, 4.69) is 0 Å². The molecule has 0 spiro atoms. The lowest BCUT2D eigenvalue weighted by atomic mass is 9.60. The molecule has 0 bridgehead atoms. The molecule has 0 atom stereocenters. The highest BCUT2D eigenvalue weighted by atomic mass is 16.3. The van der Waals surface area contributed by atoms with Gasteiger partial charge in [-0.1, -0.05) is 0 Å². The van der Waals surface area contributed by atoms with Gasteiger partial charge in [-0.25, -0.2) is 0 Å². The molecule has 0 radical (unpaired) electrons. The lowest BCUT2D eigenvalue weighted by Gasteiger charge is -2.47. The Morgan fingerprint density at radius 3 is 1.64 bits per heavy atom. The fraction of sp³-hybridized carbons (Fsp3) is 1.00. The number of hydrogen-bond acceptors (Lipinski definition) is 1. The second-order valence-electron chi connectivity index (χ2n) is 4.84. The molecule has 0 aromatic carbocycles. The van der Waals surface area contributed by atoms with Gasteiger partial charge in [0.15, 0.2) is 0 Å². The molecule has 0 aromatic heterocycles. The van der Waals surface area contributed by atoms with Crippen LogP contribution in [0.4, 0.5) is 0 Å². The average molecular weight is 152 g/mol. The van der Waals surface area contributed by atoms with E-state index in [-0.39, 0.29) is 6.10 Å². The predicted molar refractivity (Wildman–Crippen MR) is 43.1 cm³/mol. The summed E-state index contributed by atoms with van der Waals surface area (Å²) in [6.45, 7) is 0. The van der Waals surface area contributed by atoms with Crippen LogP contribution in [0.15, 0.2) is 0 Å². The molecular formula is C10H16O. The third kappa shape index (κ3) is 0.807. The molecule has 1 nitrogen and oxygen atoms in total. The Bertz CT molecular complexity index is 159. The summed E-state index contributed by atoms with van der Waals surface area (Å²) in [4.78, 5) is 0. The first kappa shape index (κ1) is 6.47. The summed E-state index contributed by atoms with van der Waals surface area (Å²) >= 11 is 0. The van der Waals surface area contributed by atoms with E-state index in [1.807, 2.05) is 0 Å². The summed E-state index contributed by atoms with van der Waals surface area (Å²) in [7, 11) is 0. The van der Waals surface area contributed by atoms with Crippen molar-refractivity contribution >= 4 is 0 Å². The summed E-state index contributed by atoms with van der Waals surface area (Å²) in [6.07, 6.45) is 8.19. The first-order valence-electron chi connectivity index (χ1n) is 4.99. The Kier molecular flexibility index (Phi) is 1.07. The Morgan fingerprint density at radius 1 is 0.909 bits per heavy atom. The topological polar surface area (TPSA) is 20.2 Å². The van der Waals surface area contributed by atoms with Crippen LogP contribution in [0.3, 0.4) is 0 Å². The lowest BCUT2D eigenvalue weighted by Crippen LogP contribution is -2.44. The van der Waals surface area contributed by atoms with Crippen molar-refractivity contribution in [1.29, 1.82) is 0 Å². The molecule has 3 aliphatic carbocycles. The predicted octanol–water partition coefficient (Wildman–Crippen LogP) is 1.95. The SMILES string of the molecule is OC1CC(C2CC2)(C2CC2)C1. The maximum absolute atomic E-state index is 9.34. The van der Waals surface area contributed by atoms with Gasteiger partial charge in [0.25, 0.3) is 0 Å². The molecule has 62 valence electrons. The molecule has 3 fully saturated rings. The van der Waals surface area contributed by atoms with Gasteiger partial charge in [-0.2, -0.15) is 0 Å². The first-order valence-corrected chi connectivity index (χ1v) is 4.99. The molecule has 3 saturated carbocycles. The van der Waals surface area contributed by atoms with E-state index in [9.17, 15) is 5.11 Å². The van der Waals surface area contributed by atoms with Crippen LogP contribution < -0.4 is 0 Å². The van der Waals surface area contributed by atoms with Crippen molar-refractivity contribution in [3.63, 3.8) is 0 Å². The summed E-state index contributed by atoms with van der Waals surface area (Å²) in [5.74, 6) is 2.05. The minimum atomic E-state index is 0.0659. The molecule has 0 amide bonds. The summed E-state index contributed by atoms with van der Waals surface area (Å²) in [6, 6.07) is 0. The highest BCUT2D eigenvalue weighted by molar-refractivity contribution is 5.09. The van der Waals surface area contributed by atoms with E-state index in [0.717, 1.165) is 24.7 Å². The third-order valence-electron chi connectivity index (χ3n) is 4.01. The standard InChI is InChI=1S/C10H16O/c11-9-5-10(6-9,7-1-2-7)8-3-4-8/h7-9,11H,1-6H2. The molecule has 1 N–H and O–H groups in total. The van der Waals surface area contributed by atoms with E-state index < -0.39 is 0 Å². The van der Waals surface area contributed by atoms with E-state index in [1.165, 1.54) is 25.7 Å². The van der Waals surface area contributed by atoms with Crippen LogP contribution in [0, 0.1) is 17.3 Å². The van der Waals surface area contributed by atoms with Crippen molar-refractivity contribution in [2.24, 2.45) is 17.3 Å². The van der Waals surface area contributed by atoms with Gasteiger partial charge in [0.1, 0.15) is 0 Å². The fourth-order valence-electron chi connectivity index (χ4n) is 3.13. The largest absolute Gasteiger partial charge is 0.393 e. The minimum absolute atomic E-state index is 0.0659. The van der Waals surface area contributed by atoms with Crippen LogP contribution in [0.1, 0.15) is 38.5 Å². The Morgan fingerprint density at radius 2 is 1.36 bits per heavy atom. The maximum Gasteiger partial charge on any atom is 0.0551 e. The van der Waals surface area contributed by atoms with Gasteiger partial charge < -0.3 is 5.11 Å². The Balaban J connectivity index is 1.77. The molecule has 0 heterocycles. The van der Waals surface area contributed by atoms with Crippen molar-refractivity contribution in [3.8, 4) is 0 Å². The number of hydrogen-bond donors (Lipinski definition) is 1. The molecule has 3 aliphatic rings. The van der Waals surface area contributed by atoms with E-state index in [0.29, 0.717) is 5.41 Å².